The molecule has 0 aliphatic rings. The van der Waals surface area contributed by atoms with Crippen molar-refractivity contribution < 1.29 is 0 Å². The molecule has 1 aromatic heterocycles. The number of aromatic nitrogens is 1. The van der Waals surface area contributed by atoms with E-state index in [0.717, 1.165) is 23.6 Å². The van der Waals surface area contributed by atoms with Crippen LogP contribution in [0.25, 0.3) is 0 Å². The summed E-state index contributed by atoms with van der Waals surface area (Å²) in [7, 11) is 0. The molecule has 2 N–H and O–H groups in total. The molecule has 0 aliphatic carbocycles. The van der Waals surface area contributed by atoms with Gasteiger partial charge in [0.25, 0.3) is 5.56 Å². The zero-order valence-corrected chi connectivity index (χ0v) is 14.0. The molecule has 0 bridgehead atoms. The zero-order chi connectivity index (χ0) is 17.2. The average molecular weight is 324 g/mol. The number of hydrogen-bond acceptors (Lipinski definition) is 2. The van der Waals surface area contributed by atoms with E-state index in [2.05, 4.69) is 22.2 Å². The highest BCUT2D eigenvalue weighted by Gasteiger charge is 1.99. The summed E-state index contributed by atoms with van der Waals surface area (Å²) < 4.78 is 1.69. The van der Waals surface area contributed by atoms with Gasteiger partial charge in [0.1, 0.15) is 0 Å². The number of nitrogens with one attached hydrogen (secondary N) is 2. The molecule has 1 aromatic carbocycles. The van der Waals surface area contributed by atoms with Crippen molar-refractivity contribution in [3.8, 4) is 0 Å². The van der Waals surface area contributed by atoms with Crippen LogP contribution in [0.5, 0.6) is 0 Å². The first kappa shape index (κ1) is 17.5. The van der Waals surface area contributed by atoms with Crippen LogP contribution in [0.2, 0.25) is 0 Å². The van der Waals surface area contributed by atoms with Crippen molar-refractivity contribution in [3.05, 3.63) is 82.8 Å². The molecule has 0 unspecified atom stereocenters. The van der Waals surface area contributed by atoms with E-state index < -0.39 is 0 Å². The number of rotatable bonds is 7. The Morgan fingerprint density at radius 1 is 1.17 bits per heavy atom. The van der Waals surface area contributed by atoms with Crippen LogP contribution < -0.4 is 16.2 Å². The highest BCUT2D eigenvalue weighted by Crippen LogP contribution is 2.07. The van der Waals surface area contributed by atoms with Crippen LogP contribution >= 0.6 is 0 Å². The molecule has 0 radical (unpaired) electrons. The quantitative estimate of drug-likeness (QED) is 0.466. The van der Waals surface area contributed by atoms with Crippen molar-refractivity contribution in [2.75, 3.05) is 13.1 Å². The fourth-order valence-electron chi connectivity index (χ4n) is 2.22. The zero-order valence-electron chi connectivity index (χ0n) is 14.0. The van der Waals surface area contributed by atoms with Crippen molar-refractivity contribution in [2.45, 2.75) is 20.0 Å². The maximum Gasteiger partial charge on any atom is 0.250 e. The predicted octanol–water partition coefficient (Wildman–Crippen LogP) is 2.14. The maximum absolute atomic E-state index is 11.7. The fraction of sp³-hybridized carbons (Fsp3) is 0.263. The van der Waals surface area contributed by atoms with E-state index in [1.165, 1.54) is 0 Å². The summed E-state index contributed by atoms with van der Waals surface area (Å²) in [5.41, 5.74) is 2.22. The van der Waals surface area contributed by atoms with Crippen molar-refractivity contribution in [1.82, 2.24) is 15.2 Å². The summed E-state index contributed by atoms with van der Waals surface area (Å²) >= 11 is 0. The molecule has 0 fully saturated rings. The molecule has 0 saturated heterocycles. The largest absolute Gasteiger partial charge is 0.357 e. The summed E-state index contributed by atoms with van der Waals surface area (Å²) in [6, 6.07) is 13.4. The summed E-state index contributed by atoms with van der Waals surface area (Å²) in [6.45, 7) is 8.39. The van der Waals surface area contributed by atoms with Gasteiger partial charge in [0.05, 0.1) is 13.1 Å². The van der Waals surface area contributed by atoms with Crippen molar-refractivity contribution in [1.29, 1.82) is 0 Å². The lowest BCUT2D eigenvalue weighted by Crippen LogP contribution is -2.37. The van der Waals surface area contributed by atoms with E-state index in [4.69, 9.17) is 0 Å². The van der Waals surface area contributed by atoms with Crippen LogP contribution in [0, 0.1) is 0 Å². The monoisotopic (exact) mass is 324 g/mol. The molecule has 0 saturated carbocycles. The van der Waals surface area contributed by atoms with E-state index in [-0.39, 0.29) is 5.56 Å². The summed E-state index contributed by atoms with van der Waals surface area (Å²) in [5, 5.41) is 6.36. The molecule has 0 aliphatic heterocycles. The molecule has 0 spiro atoms. The molecule has 5 heteroatoms. The highest BCUT2D eigenvalue weighted by atomic mass is 16.1. The van der Waals surface area contributed by atoms with Crippen LogP contribution in [0.4, 0.5) is 0 Å². The Balaban J connectivity index is 1.99. The molecule has 126 valence electrons. The summed E-state index contributed by atoms with van der Waals surface area (Å²) in [6.07, 6.45) is 3.60. The molecular weight excluding hydrogens is 300 g/mol. The second-order valence-electron chi connectivity index (χ2n) is 5.35. The second kappa shape index (κ2) is 9.35. The molecule has 24 heavy (non-hydrogen) atoms. The van der Waals surface area contributed by atoms with Crippen LogP contribution in [0.15, 0.2) is 71.1 Å². The molecular formula is C19H24N4O. The third-order valence-electron chi connectivity index (χ3n) is 3.45. The number of aliphatic imine (C=N–C) groups is 1. The van der Waals surface area contributed by atoms with Gasteiger partial charge in [0.2, 0.25) is 0 Å². The Morgan fingerprint density at radius 2 is 1.92 bits per heavy atom. The van der Waals surface area contributed by atoms with Crippen LogP contribution in [0.3, 0.4) is 0 Å². The number of nitrogens with zero attached hydrogens (tertiary/aromatic N) is 2. The molecule has 0 atom stereocenters. The molecule has 5 nitrogen and oxygen atoms in total. The highest BCUT2D eigenvalue weighted by molar-refractivity contribution is 5.79. The van der Waals surface area contributed by atoms with Crippen molar-refractivity contribution in [3.63, 3.8) is 0 Å². The molecule has 0 amide bonds. The van der Waals surface area contributed by atoms with E-state index >= 15 is 0 Å². The Labute approximate surface area is 142 Å². The molecule has 2 rings (SSSR count). The first-order chi connectivity index (χ1) is 11.7. The van der Waals surface area contributed by atoms with Gasteiger partial charge in [-0.15, -0.1) is 6.58 Å². The first-order valence-corrected chi connectivity index (χ1v) is 8.09. The van der Waals surface area contributed by atoms with E-state index in [1.807, 2.05) is 37.3 Å². The maximum atomic E-state index is 11.7. The van der Waals surface area contributed by atoms with Crippen molar-refractivity contribution >= 4 is 5.96 Å². The standard InChI is InChI=1S/C19H24N4O/c1-3-12-21-19(20-4-2)22-14-16-8-10-17(11-9-16)15-23-13-6-5-7-18(23)24/h3,5-11,13H,1,4,12,14-15H2,2H3,(H2,20,21,22). The van der Waals surface area contributed by atoms with Crippen molar-refractivity contribution in [2.24, 2.45) is 4.99 Å². The van der Waals surface area contributed by atoms with Gasteiger partial charge in [-0.05, 0) is 24.1 Å². The lowest BCUT2D eigenvalue weighted by Gasteiger charge is -2.09. The van der Waals surface area contributed by atoms with Crippen LogP contribution in [-0.4, -0.2) is 23.6 Å². The minimum Gasteiger partial charge on any atom is -0.357 e. The summed E-state index contributed by atoms with van der Waals surface area (Å²) in [5.74, 6) is 0.775. The Kier molecular flexibility index (Phi) is 6.83. The van der Waals surface area contributed by atoms with E-state index in [1.54, 1.807) is 29.0 Å². The summed E-state index contributed by atoms with van der Waals surface area (Å²) in [4.78, 5) is 16.3. The number of pyridine rings is 1. The van der Waals surface area contributed by atoms with Gasteiger partial charge in [-0.25, -0.2) is 4.99 Å². The first-order valence-electron chi connectivity index (χ1n) is 8.09. The van der Waals surface area contributed by atoms with Gasteiger partial charge in [0.15, 0.2) is 5.96 Å². The minimum absolute atomic E-state index is 0.00903. The number of hydrogen-bond donors (Lipinski definition) is 2. The van der Waals surface area contributed by atoms with Crippen LogP contribution in [-0.2, 0) is 13.1 Å². The molecule has 1 heterocycles. The second-order valence-corrected chi connectivity index (χ2v) is 5.35. The number of guanidine groups is 1. The Hall–Kier alpha value is -2.82. The Bertz CT molecular complexity index is 732. The SMILES string of the molecule is C=CCNC(=NCc1ccc(Cn2ccccc2=O)cc1)NCC. The lowest BCUT2D eigenvalue weighted by atomic mass is 10.1. The third kappa shape index (κ3) is 5.43. The number of benzene rings is 1. The van der Waals surface area contributed by atoms with Gasteiger partial charge in [-0.3, -0.25) is 4.79 Å². The van der Waals surface area contributed by atoms with Crippen LogP contribution in [0.1, 0.15) is 18.1 Å². The van der Waals surface area contributed by atoms with Gasteiger partial charge in [-0.2, -0.15) is 0 Å². The smallest absolute Gasteiger partial charge is 0.250 e. The lowest BCUT2D eigenvalue weighted by molar-refractivity contribution is 0.759. The van der Waals surface area contributed by atoms with Gasteiger partial charge in [0, 0.05) is 25.4 Å². The van der Waals surface area contributed by atoms with Gasteiger partial charge >= 0.3 is 0 Å². The Morgan fingerprint density at radius 3 is 2.58 bits per heavy atom. The van der Waals surface area contributed by atoms with E-state index in [0.29, 0.717) is 19.6 Å². The third-order valence-corrected chi connectivity index (χ3v) is 3.45. The fourth-order valence-corrected chi connectivity index (χ4v) is 2.22. The van der Waals surface area contributed by atoms with Gasteiger partial charge < -0.3 is 15.2 Å². The molecule has 2 aromatic rings. The van der Waals surface area contributed by atoms with Gasteiger partial charge in [-0.1, -0.05) is 36.4 Å². The predicted molar refractivity (Wildman–Crippen MR) is 99.3 cm³/mol. The topological polar surface area (TPSA) is 58.4 Å². The normalized spacial score (nSPS) is 11.1. The minimum atomic E-state index is 0.00903. The average Bonchev–Trinajstić information content (AvgIpc) is 2.60. The van der Waals surface area contributed by atoms with E-state index in [9.17, 15) is 4.79 Å².